The van der Waals surface area contributed by atoms with Gasteiger partial charge < -0.3 is 10.0 Å². The Bertz CT molecular complexity index is 541. The summed E-state index contributed by atoms with van der Waals surface area (Å²) in [5.41, 5.74) is 2.24. The summed E-state index contributed by atoms with van der Waals surface area (Å²) in [6, 6.07) is 4.01. The summed E-state index contributed by atoms with van der Waals surface area (Å²) >= 11 is 1.58. The highest BCUT2D eigenvalue weighted by Crippen LogP contribution is 2.32. The number of thiazole rings is 1. The van der Waals surface area contributed by atoms with Crippen molar-refractivity contribution in [2.45, 2.75) is 39.3 Å². The summed E-state index contributed by atoms with van der Waals surface area (Å²) in [5, 5.41) is 10.5. The first-order valence-corrected chi connectivity index (χ1v) is 7.67. The van der Waals surface area contributed by atoms with E-state index in [1.165, 1.54) is 5.56 Å². The van der Waals surface area contributed by atoms with E-state index in [0.717, 1.165) is 28.7 Å². The average molecular weight is 291 g/mol. The molecule has 2 rings (SSSR count). The predicted octanol–water partition coefficient (Wildman–Crippen LogP) is 3.18. The van der Waals surface area contributed by atoms with E-state index in [2.05, 4.69) is 23.7 Å². The van der Waals surface area contributed by atoms with Crippen molar-refractivity contribution in [1.29, 1.82) is 0 Å². The van der Waals surface area contributed by atoms with Crippen LogP contribution in [0.2, 0.25) is 0 Å². The highest BCUT2D eigenvalue weighted by atomic mass is 32.1. The van der Waals surface area contributed by atoms with Gasteiger partial charge >= 0.3 is 0 Å². The molecular formula is C15H21N3OS. The van der Waals surface area contributed by atoms with E-state index in [-0.39, 0.29) is 6.61 Å². The molecular weight excluding hydrogens is 270 g/mol. The number of aliphatic hydroxyl groups is 1. The Balaban J connectivity index is 2.18. The van der Waals surface area contributed by atoms with Crippen LogP contribution in [0.25, 0.3) is 0 Å². The Morgan fingerprint density at radius 1 is 1.35 bits per heavy atom. The van der Waals surface area contributed by atoms with Crippen molar-refractivity contribution in [3.63, 3.8) is 0 Å². The Kier molecular flexibility index (Phi) is 5.09. The van der Waals surface area contributed by atoms with Crippen LogP contribution in [0.5, 0.6) is 0 Å². The summed E-state index contributed by atoms with van der Waals surface area (Å²) in [7, 11) is 2.03. The molecule has 0 saturated heterocycles. The van der Waals surface area contributed by atoms with Crippen LogP contribution in [0.3, 0.4) is 0 Å². The van der Waals surface area contributed by atoms with Crippen LogP contribution in [-0.2, 0) is 13.2 Å². The van der Waals surface area contributed by atoms with Gasteiger partial charge in [0.25, 0.3) is 0 Å². The molecule has 2 heterocycles. The minimum Gasteiger partial charge on any atom is -0.391 e. The minimum absolute atomic E-state index is 0.0699. The Hall–Kier alpha value is -1.46. The van der Waals surface area contributed by atoms with Gasteiger partial charge in [-0.05, 0) is 30.0 Å². The lowest BCUT2D eigenvalue weighted by atomic mass is 10.0. The highest BCUT2D eigenvalue weighted by Gasteiger charge is 2.17. The zero-order valence-corrected chi connectivity index (χ0v) is 13.0. The van der Waals surface area contributed by atoms with Gasteiger partial charge in [0.15, 0.2) is 5.13 Å². The number of hydrogen-bond acceptors (Lipinski definition) is 5. The minimum atomic E-state index is 0.0699. The first-order chi connectivity index (χ1) is 9.65. The van der Waals surface area contributed by atoms with Crippen molar-refractivity contribution in [1.82, 2.24) is 9.97 Å². The fourth-order valence-electron chi connectivity index (χ4n) is 2.04. The summed E-state index contributed by atoms with van der Waals surface area (Å²) < 4.78 is 0. The SMILES string of the molecule is CCC(C)c1nc(N(C)Cc2ccncc2)sc1CO. The molecule has 0 amide bonds. The Morgan fingerprint density at radius 2 is 2.05 bits per heavy atom. The molecule has 0 aromatic carbocycles. The fraction of sp³-hybridized carbons (Fsp3) is 0.467. The lowest BCUT2D eigenvalue weighted by Gasteiger charge is -2.15. The van der Waals surface area contributed by atoms with Gasteiger partial charge in [0.1, 0.15) is 0 Å². The van der Waals surface area contributed by atoms with Crippen LogP contribution in [-0.4, -0.2) is 22.1 Å². The lowest BCUT2D eigenvalue weighted by Crippen LogP contribution is -2.16. The van der Waals surface area contributed by atoms with Crippen LogP contribution in [0.1, 0.15) is 42.3 Å². The second kappa shape index (κ2) is 6.81. The van der Waals surface area contributed by atoms with Crippen molar-refractivity contribution in [3.05, 3.63) is 40.7 Å². The topological polar surface area (TPSA) is 49.2 Å². The molecule has 0 fully saturated rings. The van der Waals surface area contributed by atoms with Gasteiger partial charge in [0.05, 0.1) is 17.2 Å². The molecule has 0 spiro atoms. The van der Waals surface area contributed by atoms with Crippen LogP contribution in [0, 0.1) is 0 Å². The van der Waals surface area contributed by atoms with E-state index in [1.54, 1.807) is 23.7 Å². The van der Waals surface area contributed by atoms with Crippen molar-refractivity contribution < 1.29 is 5.11 Å². The van der Waals surface area contributed by atoms with Crippen LogP contribution < -0.4 is 4.90 Å². The normalized spacial score (nSPS) is 12.4. The summed E-state index contributed by atoms with van der Waals surface area (Å²) in [4.78, 5) is 11.8. The molecule has 0 aliphatic carbocycles. The smallest absolute Gasteiger partial charge is 0.185 e. The van der Waals surface area contributed by atoms with E-state index < -0.39 is 0 Å². The van der Waals surface area contributed by atoms with Crippen LogP contribution in [0.4, 0.5) is 5.13 Å². The van der Waals surface area contributed by atoms with E-state index in [4.69, 9.17) is 4.98 Å². The number of nitrogens with zero attached hydrogens (tertiary/aromatic N) is 3. The molecule has 4 nitrogen and oxygen atoms in total. The molecule has 2 aromatic rings. The molecule has 108 valence electrons. The monoisotopic (exact) mass is 291 g/mol. The maximum absolute atomic E-state index is 9.49. The average Bonchev–Trinajstić information content (AvgIpc) is 2.92. The second-order valence-corrected chi connectivity index (χ2v) is 6.05. The number of aliphatic hydroxyl groups excluding tert-OH is 1. The van der Waals surface area contributed by atoms with Gasteiger partial charge in [-0.3, -0.25) is 4.98 Å². The largest absolute Gasteiger partial charge is 0.391 e. The summed E-state index contributed by atoms with van der Waals surface area (Å²) in [6.07, 6.45) is 4.63. The first-order valence-electron chi connectivity index (χ1n) is 6.86. The van der Waals surface area contributed by atoms with Gasteiger partial charge in [-0.1, -0.05) is 25.2 Å². The number of hydrogen-bond donors (Lipinski definition) is 1. The predicted molar refractivity (Wildman–Crippen MR) is 83.1 cm³/mol. The van der Waals surface area contributed by atoms with Gasteiger partial charge in [-0.15, -0.1) is 0 Å². The quantitative estimate of drug-likeness (QED) is 0.888. The van der Waals surface area contributed by atoms with Gasteiger partial charge in [-0.2, -0.15) is 0 Å². The fourth-order valence-corrected chi connectivity index (χ4v) is 3.04. The molecule has 1 atom stereocenters. The zero-order valence-electron chi connectivity index (χ0n) is 12.2. The molecule has 2 aromatic heterocycles. The summed E-state index contributed by atoms with van der Waals surface area (Å²) in [6.45, 7) is 5.16. The van der Waals surface area contributed by atoms with Crippen molar-refractivity contribution in [2.75, 3.05) is 11.9 Å². The Morgan fingerprint density at radius 3 is 2.65 bits per heavy atom. The second-order valence-electron chi connectivity index (χ2n) is 4.98. The van der Waals surface area contributed by atoms with Gasteiger partial charge in [-0.25, -0.2) is 4.98 Å². The van der Waals surface area contributed by atoms with Crippen LogP contribution >= 0.6 is 11.3 Å². The molecule has 0 aliphatic rings. The zero-order chi connectivity index (χ0) is 14.5. The third-order valence-corrected chi connectivity index (χ3v) is 4.60. The van der Waals surface area contributed by atoms with Crippen molar-refractivity contribution in [2.24, 2.45) is 0 Å². The first kappa shape index (κ1) is 14.9. The number of rotatable bonds is 6. The lowest BCUT2D eigenvalue weighted by molar-refractivity contribution is 0.283. The van der Waals surface area contributed by atoms with Crippen LogP contribution in [0.15, 0.2) is 24.5 Å². The molecule has 20 heavy (non-hydrogen) atoms. The van der Waals surface area contributed by atoms with Gasteiger partial charge in [0.2, 0.25) is 0 Å². The van der Waals surface area contributed by atoms with Crippen molar-refractivity contribution in [3.8, 4) is 0 Å². The Labute approximate surface area is 124 Å². The van der Waals surface area contributed by atoms with Crippen molar-refractivity contribution >= 4 is 16.5 Å². The molecule has 0 saturated carbocycles. The van der Waals surface area contributed by atoms with Gasteiger partial charge in [0, 0.05) is 26.0 Å². The highest BCUT2D eigenvalue weighted by molar-refractivity contribution is 7.15. The molecule has 1 N–H and O–H groups in total. The standard InChI is InChI=1S/C15H21N3OS/c1-4-11(2)14-13(10-19)20-15(17-14)18(3)9-12-5-7-16-8-6-12/h5-8,11,19H,4,9-10H2,1-3H3. The maximum Gasteiger partial charge on any atom is 0.185 e. The third kappa shape index (κ3) is 3.35. The molecule has 0 aliphatic heterocycles. The third-order valence-electron chi connectivity index (χ3n) is 3.43. The molecule has 0 radical (unpaired) electrons. The maximum atomic E-state index is 9.49. The van der Waals surface area contributed by atoms with E-state index in [1.807, 2.05) is 19.2 Å². The number of aromatic nitrogens is 2. The number of anilines is 1. The van der Waals surface area contributed by atoms with E-state index in [0.29, 0.717) is 5.92 Å². The molecule has 1 unspecified atom stereocenters. The van der Waals surface area contributed by atoms with E-state index >= 15 is 0 Å². The molecule has 5 heteroatoms. The summed E-state index contributed by atoms with van der Waals surface area (Å²) in [5.74, 6) is 0.386. The van der Waals surface area contributed by atoms with E-state index in [9.17, 15) is 5.11 Å². The molecule has 0 bridgehead atoms. The number of pyridine rings is 1.